The molecule has 5 atom stereocenters. The number of fused-ring (bicyclic) bond motifs is 2. The number of nitrogens with zero attached hydrogens (tertiary/aromatic N) is 1. The van der Waals surface area contributed by atoms with E-state index in [1.807, 2.05) is 6.20 Å². The number of benzene rings is 2. The molecule has 4 heteroatoms. The number of aliphatic hydroxyl groups is 2. The van der Waals surface area contributed by atoms with Crippen LogP contribution in [0.25, 0.3) is 22.0 Å². The Kier molecular flexibility index (Phi) is 11.8. The van der Waals surface area contributed by atoms with Crippen LogP contribution in [-0.2, 0) is 20.1 Å². The van der Waals surface area contributed by atoms with Crippen LogP contribution in [0.2, 0.25) is 0 Å². The summed E-state index contributed by atoms with van der Waals surface area (Å²) in [6.45, 7) is 13.1. The number of hydrogen-bond acceptors (Lipinski definition) is 3. The van der Waals surface area contributed by atoms with Gasteiger partial charge in [0.2, 0.25) is 0 Å². The predicted molar refractivity (Wildman–Crippen MR) is 159 cm³/mol. The largest absolute Gasteiger partial charge is 0.393 e. The first kappa shape index (κ1) is 31.9. The molecule has 1 radical (unpaired) electrons. The standard InChI is InChI=1S/C20H20N.C15H28O2.Ir/c1-13(2)16-5-6-19-17(12-16)7-8-21-20(19)18-10-14(3)9-15(4)11-18;1-3-10(4-2)12-9-8-11-6-5-7-13(16)14(11)15(12)17;/h5-10,12-13H,1-4H3;10-17H,3-9H2,1-2H3;/q-1;;. The molecule has 5 rings (SSSR count). The van der Waals surface area contributed by atoms with E-state index in [1.54, 1.807) is 0 Å². The molecule has 0 aliphatic heterocycles. The van der Waals surface area contributed by atoms with Crippen molar-refractivity contribution in [2.45, 2.75) is 105 Å². The number of aromatic nitrogens is 1. The number of aliphatic hydroxyl groups excluding tert-OH is 2. The van der Waals surface area contributed by atoms with Gasteiger partial charge in [-0.1, -0.05) is 79.0 Å². The molecule has 215 valence electrons. The fourth-order valence-electron chi connectivity index (χ4n) is 7.20. The first-order valence-electron chi connectivity index (χ1n) is 15.0. The zero-order valence-corrected chi connectivity index (χ0v) is 27.1. The van der Waals surface area contributed by atoms with E-state index in [4.69, 9.17) is 0 Å². The fraction of sp³-hybridized carbons (Fsp3) is 0.571. The summed E-state index contributed by atoms with van der Waals surface area (Å²) in [4.78, 5) is 4.60. The molecule has 0 saturated heterocycles. The van der Waals surface area contributed by atoms with Crippen LogP contribution in [0.5, 0.6) is 0 Å². The smallest absolute Gasteiger partial charge is 0.0626 e. The van der Waals surface area contributed by atoms with Crippen molar-refractivity contribution in [1.29, 1.82) is 0 Å². The molecule has 0 bridgehead atoms. The van der Waals surface area contributed by atoms with Crippen molar-refractivity contribution in [2.24, 2.45) is 23.7 Å². The Morgan fingerprint density at radius 2 is 1.69 bits per heavy atom. The van der Waals surface area contributed by atoms with Gasteiger partial charge in [-0.05, 0) is 77.5 Å². The number of hydrogen-bond donors (Lipinski definition) is 2. The van der Waals surface area contributed by atoms with E-state index >= 15 is 0 Å². The van der Waals surface area contributed by atoms with Gasteiger partial charge in [-0.3, -0.25) is 0 Å². The molecule has 5 unspecified atom stereocenters. The van der Waals surface area contributed by atoms with Gasteiger partial charge in [0.25, 0.3) is 0 Å². The third-order valence-corrected chi connectivity index (χ3v) is 9.28. The van der Waals surface area contributed by atoms with Gasteiger partial charge < -0.3 is 15.2 Å². The van der Waals surface area contributed by atoms with Crippen molar-refractivity contribution in [3.63, 3.8) is 0 Å². The summed E-state index contributed by atoms with van der Waals surface area (Å²) < 4.78 is 0. The minimum atomic E-state index is -0.256. The zero-order valence-electron chi connectivity index (χ0n) is 24.7. The first-order chi connectivity index (χ1) is 18.2. The molecule has 0 amide bonds. The van der Waals surface area contributed by atoms with Crippen molar-refractivity contribution in [3.05, 3.63) is 65.4 Å². The van der Waals surface area contributed by atoms with Crippen molar-refractivity contribution in [2.75, 3.05) is 0 Å². The molecular weight excluding hydrogens is 659 g/mol. The molecule has 39 heavy (non-hydrogen) atoms. The summed E-state index contributed by atoms with van der Waals surface area (Å²) >= 11 is 0. The van der Waals surface area contributed by atoms with E-state index in [2.05, 4.69) is 89.0 Å². The van der Waals surface area contributed by atoms with Crippen molar-refractivity contribution < 1.29 is 30.3 Å². The van der Waals surface area contributed by atoms with E-state index in [9.17, 15) is 10.2 Å². The summed E-state index contributed by atoms with van der Waals surface area (Å²) in [5.74, 6) is 2.36. The molecule has 0 spiro atoms. The Balaban J connectivity index is 0.000000215. The van der Waals surface area contributed by atoms with Gasteiger partial charge in [-0.15, -0.1) is 34.9 Å². The summed E-state index contributed by atoms with van der Waals surface area (Å²) in [6.07, 6.45) is 9.36. The Labute approximate surface area is 250 Å². The van der Waals surface area contributed by atoms with Crippen molar-refractivity contribution >= 4 is 10.8 Å². The zero-order chi connectivity index (χ0) is 27.4. The van der Waals surface area contributed by atoms with Gasteiger partial charge in [-0.2, -0.15) is 0 Å². The molecule has 1 aromatic heterocycles. The van der Waals surface area contributed by atoms with Crippen LogP contribution in [0.3, 0.4) is 0 Å². The van der Waals surface area contributed by atoms with Crippen LogP contribution < -0.4 is 0 Å². The minimum Gasteiger partial charge on any atom is -0.393 e. The van der Waals surface area contributed by atoms with E-state index in [0.717, 1.165) is 42.5 Å². The fourth-order valence-corrected chi connectivity index (χ4v) is 7.20. The molecule has 2 fully saturated rings. The first-order valence-corrected chi connectivity index (χ1v) is 15.0. The van der Waals surface area contributed by atoms with Crippen LogP contribution >= 0.6 is 0 Å². The maximum absolute atomic E-state index is 10.6. The second-order valence-corrected chi connectivity index (χ2v) is 12.2. The normalized spacial score (nSPS) is 24.6. The molecule has 2 aromatic carbocycles. The van der Waals surface area contributed by atoms with Crippen molar-refractivity contribution in [1.82, 2.24) is 4.98 Å². The van der Waals surface area contributed by atoms with Crippen molar-refractivity contribution in [3.8, 4) is 11.3 Å². The Morgan fingerprint density at radius 1 is 0.949 bits per heavy atom. The average Bonchev–Trinajstić information content (AvgIpc) is 2.89. The van der Waals surface area contributed by atoms with E-state index in [1.165, 1.54) is 41.2 Å². The number of pyridine rings is 1. The summed E-state index contributed by atoms with van der Waals surface area (Å²) in [5.41, 5.74) is 5.87. The van der Waals surface area contributed by atoms with Gasteiger partial charge in [0.1, 0.15) is 0 Å². The Hall–Kier alpha value is -1.58. The quantitative estimate of drug-likeness (QED) is 0.262. The summed E-state index contributed by atoms with van der Waals surface area (Å²) in [5, 5.41) is 23.2. The van der Waals surface area contributed by atoms with Gasteiger partial charge in [0.05, 0.1) is 12.2 Å². The molecular formula is C35H48IrNO2-. The average molecular weight is 707 g/mol. The topological polar surface area (TPSA) is 53.4 Å². The van der Waals surface area contributed by atoms with E-state index < -0.39 is 0 Å². The summed E-state index contributed by atoms with van der Waals surface area (Å²) in [6, 6.07) is 16.5. The Morgan fingerprint density at radius 3 is 2.36 bits per heavy atom. The van der Waals surface area contributed by atoms with Crippen LogP contribution in [0.4, 0.5) is 0 Å². The second-order valence-electron chi connectivity index (χ2n) is 12.2. The van der Waals surface area contributed by atoms with Crippen LogP contribution in [0, 0.1) is 43.6 Å². The minimum absolute atomic E-state index is 0. The summed E-state index contributed by atoms with van der Waals surface area (Å²) in [7, 11) is 0. The van der Waals surface area contributed by atoms with Gasteiger partial charge >= 0.3 is 0 Å². The molecule has 2 aliphatic carbocycles. The third kappa shape index (κ3) is 7.39. The molecule has 1 heterocycles. The van der Waals surface area contributed by atoms with Gasteiger partial charge in [0, 0.05) is 32.2 Å². The van der Waals surface area contributed by atoms with Gasteiger partial charge in [0.15, 0.2) is 0 Å². The van der Waals surface area contributed by atoms with E-state index in [-0.39, 0.29) is 38.2 Å². The SMILES string of the molecule is CCC(CC)C1CCC2CCCC(O)C2C1O.Cc1[c-]c(-c2nccc3cc(C(C)C)ccc23)cc(C)c1.[Ir]. The molecule has 3 nitrogen and oxygen atoms in total. The Bertz CT molecular complexity index is 1180. The molecule has 2 saturated carbocycles. The number of rotatable bonds is 5. The molecule has 3 aromatic rings. The second kappa shape index (κ2) is 14.4. The van der Waals surface area contributed by atoms with Crippen LogP contribution in [-0.4, -0.2) is 27.4 Å². The van der Waals surface area contributed by atoms with Crippen LogP contribution in [0.1, 0.15) is 95.2 Å². The van der Waals surface area contributed by atoms with Gasteiger partial charge in [-0.25, -0.2) is 0 Å². The molecule has 2 aliphatic rings. The maximum Gasteiger partial charge on any atom is 0.0626 e. The monoisotopic (exact) mass is 707 g/mol. The maximum atomic E-state index is 10.6. The number of aryl methyl sites for hydroxylation is 2. The van der Waals surface area contributed by atoms with Crippen LogP contribution in [0.15, 0.2) is 42.6 Å². The predicted octanol–water partition coefficient (Wildman–Crippen LogP) is 8.41. The van der Waals surface area contributed by atoms with E-state index in [0.29, 0.717) is 23.7 Å². The third-order valence-electron chi connectivity index (χ3n) is 9.28. The molecule has 2 N–H and O–H groups in total.